The highest BCUT2D eigenvalue weighted by Crippen LogP contribution is 2.22. The quantitative estimate of drug-likeness (QED) is 0.656. The predicted octanol–water partition coefficient (Wildman–Crippen LogP) is 1.21. The van der Waals surface area contributed by atoms with Gasteiger partial charge in [0.1, 0.15) is 5.37 Å². The molecule has 3 N–H and O–H groups in total. The standard InChI is InChI=1S/C7H10N2OS/c1-11(10)7(8)6-4-2-3-5-9-6/h2-5,7,10H,1,8H2. The van der Waals surface area contributed by atoms with Gasteiger partial charge in [-0.25, -0.2) is 0 Å². The molecular weight excluding hydrogens is 160 g/mol. The molecule has 1 aromatic heterocycles. The summed E-state index contributed by atoms with van der Waals surface area (Å²) in [6, 6.07) is 5.40. The van der Waals surface area contributed by atoms with E-state index in [9.17, 15) is 0 Å². The molecule has 0 bridgehead atoms. The number of pyridine rings is 1. The molecule has 0 spiro atoms. The minimum atomic E-state index is -1.05. The molecule has 0 aliphatic carbocycles. The highest BCUT2D eigenvalue weighted by atomic mass is 32.2. The molecule has 1 rings (SSSR count). The molecule has 4 heteroatoms. The van der Waals surface area contributed by atoms with Gasteiger partial charge in [0.15, 0.2) is 0 Å². The second-order valence-corrected chi connectivity index (χ2v) is 3.39. The van der Waals surface area contributed by atoms with Crippen LogP contribution >= 0.6 is 10.8 Å². The zero-order valence-electron chi connectivity index (χ0n) is 5.97. The molecule has 0 aromatic carbocycles. The maximum atomic E-state index is 9.03. The normalized spacial score (nSPS) is 15.8. The van der Waals surface area contributed by atoms with E-state index >= 15 is 0 Å². The number of nitrogens with zero attached hydrogens (tertiary/aromatic N) is 1. The maximum absolute atomic E-state index is 9.03. The van der Waals surface area contributed by atoms with E-state index in [4.69, 9.17) is 10.3 Å². The van der Waals surface area contributed by atoms with E-state index in [-0.39, 0.29) is 0 Å². The molecule has 60 valence electrons. The van der Waals surface area contributed by atoms with Crippen LogP contribution in [0.15, 0.2) is 24.4 Å². The highest BCUT2D eigenvalue weighted by Gasteiger charge is 2.06. The van der Waals surface area contributed by atoms with E-state index in [2.05, 4.69) is 10.9 Å². The molecule has 0 saturated carbocycles. The van der Waals surface area contributed by atoms with Crippen LogP contribution in [0.5, 0.6) is 0 Å². The smallest absolute Gasteiger partial charge is 0.112 e. The van der Waals surface area contributed by atoms with E-state index < -0.39 is 16.1 Å². The molecule has 0 aliphatic rings. The summed E-state index contributed by atoms with van der Waals surface area (Å²) in [4.78, 5) is 3.98. The molecule has 2 unspecified atom stereocenters. The summed E-state index contributed by atoms with van der Waals surface area (Å²) >= 11 is 0. The fourth-order valence-electron chi connectivity index (χ4n) is 0.684. The third kappa shape index (κ3) is 2.11. The molecule has 0 amide bonds. The first-order valence-corrected chi connectivity index (χ1v) is 4.51. The summed E-state index contributed by atoms with van der Waals surface area (Å²) in [6.07, 6.45) is 1.64. The minimum Gasteiger partial charge on any atom is -0.336 e. The lowest BCUT2D eigenvalue weighted by atomic mass is 10.3. The number of hydrogen-bond acceptors (Lipinski definition) is 3. The number of hydrogen-bond donors (Lipinski definition) is 2. The van der Waals surface area contributed by atoms with Crippen LogP contribution in [-0.4, -0.2) is 15.4 Å². The van der Waals surface area contributed by atoms with Crippen LogP contribution in [0, 0.1) is 0 Å². The van der Waals surface area contributed by atoms with Gasteiger partial charge >= 0.3 is 0 Å². The fraction of sp³-hybridized carbons (Fsp3) is 0.143. The van der Waals surface area contributed by atoms with Gasteiger partial charge in [0.2, 0.25) is 0 Å². The van der Waals surface area contributed by atoms with Crippen molar-refractivity contribution in [3.05, 3.63) is 30.1 Å². The van der Waals surface area contributed by atoms with Crippen molar-refractivity contribution in [1.82, 2.24) is 4.98 Å². The lowest BCUT2D eigenvalue weighted by Gasteiger charge is -2.08. The summed E-state index contributed by atoms with van der Waals surface area (Å²) in [7, 11) is -1.05. The van der Waals surface area contributed by atoms with Crippen LogP contribution in [-0.2, 0) is 0 Å². The minimum absolute atomic E-state index is 0.462. The number of aromatic nitrogens is 1. The first-order valence-electron chi connectivity index (χ1n) is 3.10. The van der Waals surface area contributed by atoms with Gasteiger partial charge in [-0.15, -0.1) is 0 Å². The van der Waals surface area contributed by atoms with Gasteiger partial charge in [-0.2, -0.15) is 0 Å². The SMILES string of the molecule is C=S(O)C(N)c1ccccn1. The summed E-state index contributed by atoms with van der Waals surface area (Å²) in [5, 5.41) is -0.462. The fourth-order valence-corrected chi connectivity index (χ4v) is 1.10. The van der Waals surface area contributed by atoms with Gasteiger partial charge in [-0.05, 0) is 28.8 Å². The zero-order valence-corrected chi connectivity index (χ0v) is 6.79. The van der Waals surface area contributed by atoms with Crippen LogP contribution in [0.2, 0.25) is 0 Å². The molecule has 1 aromatic rings. The van der Waals surface area contributed by atoms with E-state index in [1.165, 1.54) is 0 Å². The first kappa shape index (κ1) is 8.39. The van der Waals surface area contributed by atoms with Gasteiger partial charge in [0, 0.05) is 6.20 Å². The van der Waals surface area contributed by atoms with Crippen molar-refractivity contribution in [2.45, 2.75) is 5.37 Å². The Morgan fingerprint density at radius 3 is 2.82 bits per heavy atom. The molecule has 3 nitrogen and oxygen atoms in total. The van der Waals surface area contributed by atoms with Crippen LogP contribution in [0.3, 0.4) is 0 Å². The Labute approximate surface area is 68.0 Å². The second kappa shape index (κ2) is 3.61. The van der Waals surface area contributed by atoms with Crippen molar-refractivity contribution in [2.75, 3.05) is 0 Å². The van der Waals surface area contributed by atoms with Gasteiger partial charge in [-0.3, -0.25) is 4.98 Å². The summed E-state index contributed by atoms with van der Waals surface area (Å²) in [5.74, 6) is 3.43. The largest absolute Gasteiger partial charge is 0.336 e. The second-order valence-electron chi connectivity index (χ2n) is 2.08. The summed E-state index contributed by atoms with van der Waals surface area (Å²) in [6.45, 7) is 0. The van der Waals surface area contributed by atoms with Gasteiger partial charge in [0.25, 0.3) is 0 Å². The first-order chi connectivity index (χ1) is 5.22. The number of rotatable bonds is 2. The predicted molar refractivity (Wildman–Crippen MR) is 48.5 cm³/mol. The Balaban J connectivity index is 2.85. The average molecular weight is 170 g/mol. The maximum Gasteiger partial charge on any atom is 0.112 e. The van der Waals surface area contributed by atoms with Crippen LogP contribution < -0.4 is 5.73 Å². The van der Waals surface area contributed by atoms with Crippen molar-refractivity contribution in [1.29, 1.82) is 0 Å². The van der Waals surface area contributed by atoms with Crippen LogP contribution in [0.25, 0.3) is 0 Å². The molecule has 2 atom stereocenters. The molecule has 0 saturated heterocycles. The molecule has 1 heterocycles. The third-order valence-corrected chi connectivity index (χ3v) is 2.10. The lowest BCUT2D eigenvalue weighted by Crippen LogP contribution is -2.08. The van der Waals surface area contributed by atoms with Crippen molar-refractivity contribution in [3.8, 4) is 0 Å². The Bertz CT molecular complexity index is 250. The Hall–Kier alpha value is -0.710. The van der Waals surface area contributed by atoms with Crippen LogP contribution in [0.4, 0.5) is 0 Å². The van der Waals surface area contributed by atoms with Gasteiger partial charge < -0.3 is 10.3 Å². The van der Waals surface area contributed by atoms with Crippen molar-refractivity contribution < 1.29 is 4.55 Å². The average Bonchev–Trinajstić information content (AvgIpc) is 2.05. The third-order valence-electron chi connectivity index (χ3n) is 1.27. The Morgan fingerprint density at radius 1 is 1.64 bits per heavy atom. The van der Waals surface area contributed by atoms with Crippen LogP contribution in [0.1, 0.15) is 11.1 Å². The van der Waals surface area contributed by atoms with E-state index in [1.807, 2.05) is 6.07 Å². The molecule has 11 heavy (non-hydrogen) atoms. The lowest BCUT2D eigenvalue weighted by molar-refractivity contribution is 0.646. The van der Waals surface area contributed by atoms with Crippen molar-refractivity contribution in [2.24, 2.45) is 5.73 Å². The van der Waals surface area contributed by atoms with Crippen molar-refractivity contribution >= 4 is 16.6 Å². The van der Waals surface area contributed by atoms with E-state index in [1.54, 1.807) is 18.3 Å². The topological polar surface area (TPSA) is 59.1 Å². The molecule has 0 radical (unpaired) electrons. The Kier molecular flexibility index (Phi) is 2.76. The molecule has 0 fully saturated rings. The summed E-state index contributed by atoms with van der Waals surface area (Å²) < 4.78 is 9.03. The van der Waals surface area contributed by atoms with Gasteiger partial charge in [-0.1, -0.05) is 6.07 Å². The van der Waals surface area contributed by atoms with Gasteiger partial charge in [0.05, 0.1) is 5.69 Å². The zero-order chi connectivity index (χ0) is 8.27. The van der Waals surface area contributed by atoms with E-state index in [0.717, 1.165) is 0 Å². The van der Waals surface area contributed by atoms with E-state index in [0.29, 0.717) is 5.69 Å². The Morgan fingerprint density at radius 2 is 2.36 bits per heavy atom. The molecule has 0 aliphatic heterocycles. The van der Waals surface area contributed by atoms with Crippen molar-refractivity contribution in [3.63, 3.8) is 0 Å². The number of nitrogens with two attached hydrogens (primary N) is 1. The monoisotopic (exact) mass is 170 g/mol. The molecular formula is C7H10N2OS. The summed E-state index contributed by atoms with van der Waals surface area (Å²) in [5.41, 5.74) is 6.25. The highest BCUT2D eigenvalue weighted by molar-refractivity contribution is 8.09.